The van der Waals surface area contributed by atoms with Crippen molar-refractivity contribution in [1.82, 2.24) is 0 Å². The van der Waals surface area contributed by atoms with Gasteiger partial charge in [0.05, 0.1) is 12.7 Å². The molecule has 6 nitrogen and oxygen atoms in total. The predicted molar refractivity (Wildman–Crippen MR) is 74.8 cm³/mol. The minimum Gasteiger partial charge on any atom is -0.462 e. The zero-order chi connectivity index (χ0) is 15.4. The Kier molecular flexibility index (Phi) is 5.55. The van der Waals surface area contributed by atoms with Gasteiger partial charge in [0.2, 0.25) is 6.29 Å². The molecule has 118 valence electrons. The van der Waals surface area contributed by atoms with Crippen molar-refractivity contribution in [3.63, 3.8) is 0 Å². The molecule has 6 heteroatoms. The quantitative estimate of drug-likeness (QED) is 0.724. The fourth-order valence-electron chi connectivity index (χ4n) is 2.27. The molecule has 1 saturated heterocycles. The number of hydrogen-bond acceptors (Lipinski definition) is 6. The summed E-state index contributed by atoms with van der Waals surface area (Å²) in [5.41, 5.74) is 0. The van der Waals surface area contributed by atoms with Crippen molar-refractivity contribution in [1.29, 1.82) is 0 Å². The summed E-state index contributed by atoms with van der Waals surface area (Å²) in [6.07, 6.45) is -5.27. The lowest BCUT2D eigenvalue weighted by atomic mass is 9.99. The topological polar surface area (TPSA) is 88.4 Å². The predicted octanol–water partition coefficient (Wildman–Crippen LogP) is 0.298. The van der Waals surface area contributed by atoms with Gasteiger partial charge in [-0.15, -0.1) is 0 Å². The molecule has 1 fully saturated rings. The van der Waals surface area contributed by atoms with Crippen molar-refractivity contribution in [2.24, 2.45) is 0 Å². The van der Waals surface area contributed by atoms with Crippen LogP contribution >= 0.6 is 0 Å². The molecule has 0 bridgehead atoms. The minimum atomic E-state index is -1.27. The first-order valence-electron chi connectivity index (χ1n) is 7.02. The van der Waals surface area contributed by atoms with Gasteiger partial charge in [0.1, 0.15) is 30.2 Å². The van der Waals surface area contributed by atoms with Gasteiger partial charge in [0.25, 0.3) is 0 Å². The van der Waals surface area contributed by atoms with Gasteiger partial charge in [-0.25, -0.2) is 0 Å². The van der Waals surface area contributed by atoms with Gasteiger partial charge in [0.15, 0.2) is 0 Å². The Balaban J connectivity index is 2.08. The lowest BCUT2D eigenvalue weighted by Gasteiger charge is -2.42. The molecule has 3 N–H and O–H groups in total. The van der Waals surface area contributed by atoms with E-state index < -0.39 is 30.7 Å². The van der Waals surface area contributed by atoms with E-state index in [9.17, 15) is 15.3 Å². The number of para-hydroxylation sites is 1. The summed E-state index contributed by atoms with van der Waals surface area (Å²) in [6.45, 7) is 3.27. The van der Waals surface area contributed by atoms with Crippen LogP contribution in [0.3, 0.4) is 0 Å². The number of aliphatic hydroxyl groups is 3. The van der Waals surface area contributed by atoms with E-state index in [1.165, 1.54) is 0 Å². The molecule has 1 aliphatic rings. The molecule has 1 aromatic rings. The Morgan fingerprint density at radius 2 is 1.81 bits per heavy atom. The normalized spacial score (nSPS) is 33.1. The van der Waals surface area contributed by atoms with Crippen LogP contribution in [-0.4, -0.2) is 58.7 Å². The van der Waals surface area contributed by atoms with E-state index in [1.54, 1.807) is 38.1 Å². The number of rotatable bonds is 5. The molecule has 0 aromatic heterocycles. The maximum atomic E-state index is 10.2. The van der Waals surface area contributed by atoms with Gasteiger partial charge in [-0.2, -0.15) is 0 Å². The maximum absolute atomic E-state index is 10.2. The lowest BCUT2D eigenvalue weighted by Crippen LogP contribution is -2.61. The van der Waals surface area contributed by atoms with Crippen LogP contribution in [0.4, 0.5) is 0 Å². The molecular formula is C15H22O6. The molecular weight excluding hydrogens is 276 g/mol. The number of aliphatic hydroxyl groups excluding tert-OH is 3. The van der Waals surface area contributed by atoms with E-state index in [0.717, 1.165) is 0 Å². The van der Waals surface area contributed by atoms with Gasteiger partial charge in [0, 0.05) is 0 Å². The molecule has 1 aliphatic heterocycles. The SMILES string of the molecule is CC(C)O[C@H]1[C@H](O)[C@@H](O)[C@H](Oc2ccccc2)O[C@@H]1CO. The van der Waals surface area contributed by atoms with Crippen LogP contribution in [0.2, 0.25) is 0 Å². The average molecular weight is 298 g/mol. The lowest BCUT2D eigenvalue weighted by molar-refractivity contribution is -0.290. The highest BCUT2D eigenvalue weighted by Gasteiger charge is 2.46. The second-order valence-electron chi connectivity index (χ2n) is 5.29. The molecule has 0 spiro atoms. The van der Waals surface area contributed by atoms with E-state index in [2.05, 4.69) is 0 Å². The van der Waals surface area contributed by atoms with Crippen molar-refractivity contribution in [3.8, 4) is 5.75 Å². The fraction of sp³-hybridized carbons (Fsp3) is 0.600. The van der Waals surface area contributed by atoms with E-state index in [4.69, 9.17) is 14.2 Å². The van der Waals surface area contributed by atoms with Crippen LogP contribution in [0, 0.1) is 0 Å². The summed E-state index contributed by atoms with van der Waals surface area (Å²) >= 11 is 0. The largest absolute Gasteiger partial charge is 0.462 e. The van der Waals surface area contributed by atoms with Gasteiger partial charge >= 0.3 is 0 Å². The van der Waals surface area contributed by atoms with Gasteiger partial charge in [-0.3, -0.25) is 0 Å². The summed E-state index contributed by atoms with van der Waals surface area (Å²) < 4.78 is 16.6. The highest BCUT2D eigenvalue weighted by atomic mass is 16.7. The summed E-state index contributed by atoms with van der Waals surface area (Å²) in [5, 5.41) is 29.7. The third-order valence-corrected chi connectivity index (χ3v) is 3.25. The van der Waals surface area contributed by atoms with Crippen LogP contribution < -0.4 is 4.74 Å². The second-order valence-corrected chi connectivity index (χ2v) is 5.29. The third-order valence-electron chi connectivity index (χ3n) is 3.25. The van der Waals surface area contributed by atoms with Gasteiger partial charge in [-0.05, 0) is 26.0 Å². The van der Waals surface area contributed by atoms with Gasteiger partial charge in [-0.1, -0.05) is 18.2 Å². The average Bonchev–Trinajstić information content (AvgIpc) is 2.47. The van der Waals surface area contributed by atoms with E-state index in [0.29, 0.717) is 5.75 Å². The third kappa shape index (κ3) is 3.93. The molecule has 21 heavy (non-hydrogen) atoms. The fourth-order valence-corrected chi connectivity index (χ4v) is 2.27. The van der Waals surface area contributed by atoms with E-state index >= 15 is 0 Å². The minimum absolute atomic E-state index is 0.166. The Morgan fingerprint density at radius 3 is 2.38 bits per heavy atom. The Labute approximate surface area is 123 Å². The van der Waals surface area contributed by atoms with E-state index in [1.807, 2.05) is 6.07 Å². The standard InChI is InChI=1S/C15H22O6/c1-9(2)19-14-11(8-16)21-15(13(18)12(14)17)20-10-6-4-3-5-7-10/h3-7,9,11-18H,8H2,1-2H3/t11-,12-,13-,14-,15-/m1/s1. The maximum Gasteiger partial charge on any atom is 0.229 e. The molecule has 2 rings (SSSR count). The van der Waals surface area contributed by atoms with Crippen LogP contribution in [0.15, 0.2) is 30.3 Å². The highest BCUT2D eigenvalue weighted by molar-refractivity contribution is 5.21. The molecule has 0 unspecified atom stereocenters. The number of hydrogen-bond donors (Lipinski definition) is 3. The molecule has 5 atom stereocenters. The molecule has 0 aliphatic carbocycles. The summed E-state index contributed by atoms with van der Waals surface area (Å²) in [5.74, 6) is 0.508. The highest BCUT2D eigenvalue weighted by Crippen LogP contribution is 2.26. The number of benzene rings is 1. The number of ether oxygens (including phenoxy) is 3. The molecule has 1 aromatic carbocycles. The van der Waals surface area contributed by atoms with Crippen molar-refractivity contribution in [2.45, 2.75) is 50.7 Å². The van der Waals surface area contributed by atoms with Crippen molar-refractivity contribution < 1.29 is 29.5 Å². The second kappa shape index (κ2) is 7.20. The Bertz CT molecular complexity index is 421. The van der Waals surface area contributed by atoms with E-state index in [-0.39, 0.29) is 12.7 Å². The van der Waals surface area contributed by atoms with Crippen LogP contribution in [-0.2, 0) is 9.47 Å². The first-order chi connectivity index (χ1) is 10.0. The smallest absolute Gasteiger partial charge is 0.229 e. The van der Waals surface area contributed by atoms with Crippen LogP contribution in [0.1, 0.15) is 13.8 Å². The van der Waals surface area contributed by atoms with Crippen molar-refractivity contribution in [3.05, 3.63) is 30.3 Å². The van der Waals surface area contributed by atoms with Crippen LogP contribution in [0.25, 0.3) is 0 Å². The Hall–Kier alpha value is -1.18. The van der Waals surface area contributed by atoms with Crippen molar-refractivity contribution >= 4 is 0 Å². The zero-order valence-electron chi connectivity index (χ0n) is 12.1. The molecule has 0 amide bonds. The molecule has 0 saturated carbocycles. The Morgan fingerprint density at radius 1 is 1.14 bits per heavy atom. The van der Waals surface area contributed by atoms with Crippen LogP contribution in [0.5, 0.6) is 5.75 Å². The van der Waals surface area contributed by atoms with Gasteiger partial charge < -0.3 is 29.5 Å². The summed E-state index contributed by atoms with van der Waals surface area (Å²) in [6, 6.07) is 8.84. The monoisotopic (exact) mass is 298 g/mol. The summed E-state index contributed by atoms with van der Waals surface area (Å²) in [4.78, 5) is 0. The molecule has 0 radical (unpaired) electrons. The molecule has 1 heterocycles. The first kappa shape index (κ1) is 16.2. The van der Waals surface area contributed by atoms with Crippen molar-refractivity contribution in [2.75, 3.05) is 6.61 Å². The zero-order valence-corrected chi connectivity index (χ0v) is 12.1. The summed E-state index contributed by atoms with van der Waals surface area (Å²) in [7, 11) is 0. The first-order valence-corrected chi connectivity index (χ1v) is 7.02.